The first kappa shape index (κ1) is 18.7. The lowest BCUT2D eigenvalue weighted by molar-refractivity contribution is -0.137. The fourth-order valence-electron chi connectivity index (χ4n) is 3.24. The summed E-state index contributed by atoms with van der Waals surface area (Å²) in [5.41, 5.74) is 2.63. The van der Waals surface area contributed by atoms with Crippen LogP contribution in [0.3, 0.4) is 0 Å². The highest BCUT2D eigenvalue weighted by Gasteiger charge is 2.12. The molecule has 2 aromatic carbocycles. The summed E-state index contributed by atoms with van der Waals surface area (Å²) in [4.78, 5) is 15.6. The number of aryl methyl sites for hydroxylation is 2. The molecule has 0 unspecified atom stereocenters. The van der Waals surface area contributed by atoms with Crippen molar-refractivity contribution in [2.45, 2.75) is 26.3 Å². The second-order valence-corrected chi connectivity index (χ2v) is 6.72. The first-order valence-electron chi connectivity index (χ1n) is 9.42. The third kappa shape index (κ3) is 4.13. The van der Waals surface area contributed by atoms with Crippen molar-refractivity contribution >= 4 is 16.9 Å². The van der Waals surface area contributed by atoms with Crippen molar-refractivity contribution in [3.8, 4) is 17.2 Å². The highest BCUT2D eigenvalue weighted by Crippen LogP contribution is 2.26. The molecule has 0 amide bonds. The monoisotopic (exact) mass is 391 g/mol. The molecule has 0 saturated carbocycles. The highest BCUT2D eigenvalue weighted by atomic mass is 16.5. The number of oxazole rings is 1. The molecule has 0 radical (unpaired) electrons. The van der Waals surface area contributed by atoms with Crippen LogP contribution in [0.5, 0.6) is 5.75 Å². The lowest BCUT2D eigenvalue weighted by Crippen LogP contribution is -2.09. The minimum atomic E-state index is -0.931. The molecule has 0 atom stereocenters. The van der Waals surface area contributed by atoms with Gasteiger partial charge in [-0.15, -0.1) is 0 Å². The maximum absolute atomic E-state index is 11.0. The van der Waals surface area contributed by atoms with E-state index < -0.39 is 5.97 Å². The second kappa shape index (κ2) is 8.18. The normalized spacial score (nSPS) is 11.1. The average molecular weight is 391 g/mol. The molecule has 2 heterocycles. The van der Waals surface area contributed by atoms with Crippen LogP contribution < -0.4 is 4.74 Å². The first-order valence-corrected chi connectivity index (χ1v) is 9.42. The summed E-state index contributed by atoms with van der Waals surface area (Å²) in [6, 6.07) is 15.4. The SMILES string of the molecule is Cc1oc(-c2ccccc2)nc1CCCOc1cccc2c1cnn2CC(=O)O. The maximum atomic E-state index is 11.0. The van der Waals surface area contributed by atoms with E-state index in [0.29, 0.717) is 18.2 Å². The summed E-state index contributed by atoms with van der Waals surface area (Å²) < 4.78 is 13.2. The molecule has 4 rings (SSSR count). The average Bonchev–Trinajstić information content (AvgIpc) is 3.30. The van der Waals surface area contributed by atoms with Gasteiger partial charge in [-0.05, 0) is 44.0 Å². The molecule has 0 fully saturated rings. The Morgan fingerprint density at radius 2 is 2.00 bits per heavy atom. The number of hydrogen-bond acceptors (Lipinski definition) is 5. The van der Waals surface area contributed by atoms with Crippen LogP contribution in [-0.2, 0) is 17.8 Å². The molecule has 148 valence electrons. The minimum Gasteiger partial charge on any atom is -0.493 e. The number of carbonyl (C=O) groups is 1. The molecule has 0 aliphatic rings. The van der Waals surface area contributed by atoms with E-state index in [1.165, 1.54) is 4.68 Å². The zero-order valence-electron chi connectivity index (χ0n) is 16.0. The lowest BCUT2D eigenvalue weighted by Gasteiger charge is -2.07. The molecule has 1 N–H and O–H groups in total. The predicted octanol–water partition coefficient (Wildman–Crippen LogP) is 4.10. The third-order valence-corrected chi connectivity index (χ3v) is 4.66. The highest BCUT2D eigenvalue weighted by molar-refractivity contribution is 5.86. The number of benzene rings is 2. The van der Waals surface area contributed by atoms with Gasteiger partial charge < -0.3 is 14.3 Å². The van der Waals surface area contributed by atoms with E-state index in [4.69, 9.17) is 14.3 Å². The van der Waals surface area contributed by atoms with Gasteiger partial charge in [-0.25, -0.2) is 4.98 Å². The zero-order valence-corrected chi connectivity index (χ0v) is 16.0. The quantitative estimate of drug-likeness (QED) is 0.455. The molecule has 0 spiro atoms. The summed E-state index contributed by atoms with van der Waals surface area (Å²) in [6.07, 6.45) is 3.17. The van der Waals surface area contributed by atoms with Gasteiger partial charge in [0.25, 0.3) is 0 Å². The van der Waals surface area contributed by atoms with Gasteiger partial charge in [0.2, 0.25) is 5.89 Å². The molecule has 7 nitrogen and oxygen atoms in total. The van der Waals surface area contributed by atoms with E-state index in [0.717, 1.165) is 40.8 Å². The van der Waals surface area contributed by atoms with Crippen molar-refractivity contribution in [3.05, 3.63) is 66.2 Å². The molecule has 2 aromatic heterocycles. The summed E-state index contributed by atoms with van der Waals surface area (Å²) in [7, 11) is 0. The Bertz CT molecular complexity index is 1130. The van der Waals surface area contributed by atoms with E-state index in [9.17, 15) is 4.79 Å². The van der Waals surface area contributed by atoms with Crippen LogP contribution >= 0.6 is 0 Å². The number of hydrogen-bond donors (Lipinski definition) is 1. The standard InChI is InChI=1S/C22H21N3O4/c1-15-18(24-22(29-15)16-7-3-2-4-8-16)9-6-12-28-20-11-5-10-19-17(20)13-23-25(19)14-21(26)27/h2-5,7-8,10-11,13H,6,9,12,14H2,1H3,(H,26,27). The zero-order chi connectivity index (χ0) is 20.2. The number of nitrogens with zero attached hydrogens (tertiary/aromatic N) is 3. The van der Waals surface area contributed by atoms with Gasteiger partial charge in [-0.2, -0.15) is 5.10 Å². The van der Waals surface area contributed by atoms with Crippen LogP contribution in [0, 0.1) is 6.92 Å². The Labute approximate surface area is 167 Å². The molecule has 0 bridgehead atoms. The third-order valence-electron chi connectivity index (χ3n) is 4.66. The van der Waals surface area contributed by atoms with Crippen molar-refractivity contribution in [2.75, 3.05) is 6.61 Å². The fourth-order valence-corrected chi connectivity index (χ4v) is 3.24. The van der Waals surface area contributed by atoms with Crippen molar-refractivity contribution in [3.63, 3.8) is 0 Å². The second-order valence-electron chi connectivity index (χ2n) is 6.72. The Hall–Kier alpha value is -3.61. The van der Waals surface area contributed by atoms with Crippen molar-refractivity contribution in [1.82, 2.24) is 14.8 Å². The summed E-state index contributed by atoms with van der Waals surface area (Å²) in [6.45, 7) is 2.26. The van der Waals surface area contributed by atoms with Crippen LogP contribution in [-0.4, -0.2) is 32.4 Å². The van der Waals surface area contributed by atoms with Crippen LogP contribution in [0.2, 0.25) is 0 Å². The topological polar surface area (TPSA) is 90.4 Å². The Morgan fingerprint density at radius 1 is 1.17 bits per heavy atom. The van der Waals surface area contributed by atoms with Crippen molar-refractivity contribution < 1.29 is 19.1 Å². The molecular formula is C22H21N3O4. The predicted molar refractivity (Wildman–Crippen MR) is 108 cm³/mol. The van der Waals surface area contributed by atoms with E-state index in [2.05, 4.69) is 10.1 Å². The van der Waals surface area contributed by atoms with Crippen LogP contribution in [0.4, 0.5) is 0 Å². The molecule has 0 aliphatic heterocycles. The number of aromatic nitrogens is 3. The number of carboxylic acid groups (broad SMARTS) is 1. The van der Waals surface area contributed by atoms with Gasteiger partial charge in [-0.1, -0.05) is 24.3 Å². The first-order chi connectivity index (χ1) is 14.1. The molecule has 0 saturated heterocycles. The molecular weight excluding hydrogens is 370 g/mol. The van der Waals surface area contributed by atoms with Gasteiger partial charge >= 0.3 is 5.97 Å². The number of carboxylic acids is 1. The van der Waals surface area contributed by atoms with E-state index in [1.807, 2.05) is 55.5 Å². The minimum absolute atomic E-state index is 0.178. The smallest absolute Gasteiger partial charge is 0.325 e. The lowest BCUT2D eigenvalue weighted by atomic mass is 10.2. The summed E-state index contributed by atoms with van der Waals surface area (Å²) >= 11 is 0. The Kier molecular flexibility index (Phi) is 5.29. The number of aliphatic carboxylic acids is 1. The molecule has 0 aliphatic carbocycles. The van der Waals surface area contributed by atoms with E-state index in [-0.39, 0.29) is 6.54 Å². The van der Waals surface area contributed by atoms with Gasteiger partial charge in [0.15, 0.2) is 0 Å². The molecule has 4 aromatic rings. The Balaban J connectivity index is 1.38. The number of rotatable bonds is 8. The summed E-state index contributed by atoms with van der Waals surface area (Å²) in [5.74, 6) is 1.22. The number of ether oxygens (including phenoxy) is 1. The van der Waals surface area contributed by atoms with E-state index in [1.54, 1.807) is 6.20 Å². The van der Waals surface area contributed by atoms with Crippen LogP contribution in [0.15, 0.2) is 59.1 Å². The molecule has 29 heavy (non-hydrogen) atoms. The molecule has 7 heteroatoms. The van der Waals surface area contributed by atoms with Crippen LogP contribution in [0.25, 0.3) is 22.4 Å². The number of fused-ring (bicyclic) bond motifs is 1. The fraction of sp³-hybridized carbons (Fsp3) is 0.227. The van der Waals surface area contributed by atoms with Crippen molar-refractivity contribution in [2.24, 2.45) is 0 Å². The van der Waals surface area contributed by atoms with Gasteiger partial charge in [0, 0.05) is 5.56 Å². The van der Waals surface area contributed by atoms with Gasteiger partial charge in [0.05, 0.1) is 29.4 Å². The van der Waals surface area contributed by atoms with Crippen molar-refractivity contribution in [1.29, 1.82) is 0 Å². The summed E-state index contributed by atoms with van der Waals surface area (Å²) in [5, 5.41) is 13.9. The van der Waals surface area contributed by atoms with E-state index >= 15 is 0 Å². The van der Waals surface area contributed by atoms with Gasteiger partial charge in [0.1, 0.15) is 18.1 Å². The Morgan fingerprint density at radius 3 is 2.79 bits per heavy atom. The maximum Gasteiger partial charge on any atom is 0.325 e. The largest absolute Gasteiger partial charge is 0.493 e. The van der Waals surface area contributed by atoms with Crippen LogP contribution in [0.1, 0.15) is 17.9 Å². The van der Waals surface area contributed by atoms with Gasteiger partial charge in [-0.3, -0.25) is 9.48 Å².